The lowest BCUT2D eigenvalue weighted by Gasteiger charge is -2.26. The van der Waals surface area contributed by atoms with Crippen molar-refractivity contribution in [2.24, 2.45) is 0 Å². The molecule has 0 amide bonds. The summed E-state index contributed by atoms with van der Waals surface area (Å²) in [6.07, 6.45) is 0.476. The summed E-state index contributed by atoms with van der Waals surface area (Å²) < 4.78 is 4.85. The van der Waals surface area contributed by atoms with Crippen LogP contribution in [0.2, 0.25) is 0 Å². The number of rotatable bonds is 7. The van der Waals surface area contributed by atoms with Crippen LogP contribution in [0.25, 0.3) is 0 Å². The Kier molecular flexibility index (Phi) is 7.63. The number of nitrogens with zero attached hydrogens (tertiary/aromatic N) is 1. The van der Waals surface area contributed by atoms with E-state index in [-0.39, 0.29) is 5.97 Å². The average Bonchev–Trinajstić information content (AvgIpc) is 2.30. The minimum absolute atomic E-state index is 0.107. The molecule has 0 saturated carbocycles. The molecule has 94 valence electrons. The van der Waals surface area contributed by atoms with Crippen LogP contribution >= 0.6 is 11.8 Å². The fourth-order valence-electron chi connectivity index (χ4n) is 1.61. The normalized spacial score (nSPS) is 17.3. The summed E-state index contributed by atoms with van der Waals surface area (Å²) in [5.41, 5.74) is 0. The van der Waals surface area contributed by atoms with Gasteiger partial charge in [0, 0.05) is 44.2 Å². The van der Waals surface area contributed by atoms with Crippen LogP contribution in [0.15, 0.2) is 0 Å². The fourth-order valence-corrected chi connectivity index (χ4v) is 2.59. The Morgan fingerprint density at radius 2 is 2.12 bits per heavy atom. The van der Waals surface area contributed by atoms with Gasteiger partial charge in [0.15, 0.2) is 0 Å². The first kappa shape index (κ1) is 13.8. The quantitative estimate of drug-likeness (QED) is 0.526. The highest BCUT2D eigenvalue weighted by Gasteiger charge is 2.09. The van der Waals surface area contributed by atoms with Crippen LogP contribution in [-0.2, 0) is 9.53 Å². The third-order valence-electron chi connectivity index (χ3n) is 2.52. The van der Waals surface area contributed by atoms with Crippen molar-refractivity contribution in [3.63, 3.8) is 0 Å². The van der Waals surface area contributed by atoms with Crippen LogP contribution in [0.4, 0.5) is 0 Å². The molecular formula is C11H22N2O2S. The van der Waals surface area contributed by atoms with Gasteiger partial charge < -0.3 is 15.0 Å². The van der Waals surface area contributed by atoms with Crippen LogP contribution in [0.3, 0.4) is 0 Å². The summed E-state index contributed by atoms with van der Waals surface area (Å²) in [5, 5.41) is 3.27. The van der Waals surface area contributed by atoms with E-state index in [4.69, 9.17) is 4.74 Å². The minimum Gasteiger partial charge on any atom is -0.466 e. The van der Waals surface area contributed by atoms with Crippen molar-refractivity contribution < 1.29 is 9.53 Å². The molecule has 16 heavy (non-hydrogen) atoms. The summed E-state index contributed by atoms with van der Waals surface area (Å²) >= 11 is 2.03. The Labute approximate surface area is 102 Å². The van der Waals surface area contributed by atoms with E-state index in [1.54, 1.807) is 0 Å². The highest BCUT2D eigenvalue weighted by molar-refractivity contribution is 7.99. The third-order valence-corrected chi connectivity index (χ3v) is 3.46. The number of hydrogen-bond donors (Lipinski definition) is 1. The number of ether oxygens (including phenoxy) is 1. The molecule has 1 aliphatic heterocycles. The molecule has 0 radical (unpaired) electrons. The molecule has 0 aromatic heterocycles. The van der Waals surface area contributed by atoms with Gasteiger partial charge in [-0.2, -0.15) is 11.8 Å². The highest BCUT2D eigenvalue weighted by Crippen LogP contribution is 2.07. The molecule has 1 N–H and O–H groups in total. The van der Waals surface area contributed by atoms with Crippen molar-refractivity contribution in [2.45, 2.75) is 13.3 Å². The summed E-state index contributed by atoms with van der Waals surface area (Å²) in [7, 11) is 0. The number of thioether (sulfide) groups is 1. The van der Waals surface area contributed by atoms with Crippen LogP contribution in [0, 0.1) is 0 Å². The molecule has 0 aromatic rings. The Morgan fingerprint density at radius 3 is 2.81 bits per heavy atom. The Morgan fingerprint density at radius 1 is 1.38 bits per heavy atom. The Balaban J connectivity index is 1.89. The molecule has 0 spiro atoms. The van der Waals surface area contributed by atoms with Gasteiger partial charge in [0.1, 0.15) is 0 Å². The summed E-state index contributed by atoms with van der Waals surface area (Å²) in [6, 6.07) is 0. The van der Waals surface area contributed by atoms with E-state index >= 15 is 0 Å². The van der Waals surface area contributed by atoms with Crippen molar-refractivity contribution in [1.29, 1.82) is 0 Å². The Hall–Kier alpha value is -0.260. The van der Waals surface area contributed by atoms with Crippen LogP contribution in [0.5, 0.6) is 0 Å². The van der Waals surface area contributed by atoms with E-state index in [1.165, 1.54) is 24.6 Å². The topological polar surface area (TPSA) is 41.6 Å². The van der Waals surface area contributed by atoms with Crippen molar-refractivity contribution in [3.8, 4) is 0 Å². The molecule has 0 aromatic carbocycles. The fraction of sp³-hybridized carbons (Fsp3) is 0.909. The highest BCUT2D eigenvalue weighted by atomic mass is 32.2. The van der Waals surface area contributed by atoms with E-state index in [0.29, 0.717) is 13.0 Å². The monoisotopic (exact) mass is 246 g/mol. The first-order chi connectivity index (χ1) is 7.83. The molecule has 0 atom stereocenters. The maximum atomic E-state index is 11.0. The van der Waals surface area contributed by atoms with E-state index in [9.17, 15) is 4.79 Å². The van der Waals surface area contributed by atoms with Gasteiger partial charge in [0.25, 0.3) is 0 Å². The van der Waals surface area contributed by atoms with Crippen molar-refractivity contribution in [2.75, 3.05) is 50.8 Å². The second kappa shape index (κ2) is 8.84. The number of esters is 1. The summed E-state index contributed by atoms with van der Waals surface area (Å²) in [6.45, 7) is 7.48. The zero-order valence-electron chi connectivity index (χ0n) is 10.0. The molecular weight excluding hydrogens is 224 g/mol. The SMILES string of the molecule is CCOC(=O)CCNCCN1CCSCC1. The second-order valence-corrected chi connectivity index (χ2v) is 4.98. The smallest absolute Gasteiger partial charge is 0.307 e. The molecule has 0 bridgehead atoms. The Bertz CT molecular complexity index is 196. The van der Waals surface area contributed by atoms with Crippen LogP contribution < -0.4 is 5.32 Å². The molecule has 1 aliphatic rings. The molecule has 4 nitrogen and oxygen atoms in total. The average molecular weight is 246 g/mol. The number of nitrogens with one attached hydrogen (secondary N) is 1. The van der Waals surface area contributed by atoms with Crippen molar-refractivity contribution in [1.82, 2.24) is 10.2 Å². The van der Waals surface area contributed by atoms with Gasteiger partial charge in [-0.1, -0.05) is 0 Å². The lowest BCUT2D eigenvalue weighted by Crippen LogP contribution is -2.38. The van der Waals surface area contributed by atoms with Crippen molar-refractivity contribution in [3.05, 3.63) is 0 Å². The largest absolute Gasteiger partial charge is 0.466 e. The number of carbonyl (C=O) groups excluding carboxylic acids is 1. The maximum absolute atomic E-state index is 11.0. The van der Waals surface area contributed by atoms with Gasteiger partial charge in [-0.3, -0.25) is 4.79 Å². The van der Waals surface area contributed by atoms with Gasteiger partial charge in [0.2, 0.25) is 0 Å². The zero-order chi connectivity index (χ0) is 11.6. The molecule has 1 heterocycles. The molecule has 5 heteroatoms. The predicted molar refractivity (Wildman–Crippen MR) is 67.9 cm³/mol. The molecule has 1 rings (SSSR count). The molecule has 0 aliphatic carbocycles. The van der Waals surface area contributed by atoms with Crippen LogP contribution in [-0.4, -0.2) is 61.7 Å². The van der Waals surface area contributed by atoms with Gasteiger partial charge in [-0.15, -0.1) is 0 Å². The van der Waals surface area contributed by atoms with E-state index in [2.05, 4.69) is 10.2 Å². The first-order valence-corrected chi connectivity index (χ1v) is 7.15. The second-order valence-electron chi connectivity index (χ2n) is 3.76. The standard InChI is InChI=1S/C11H22N2O2S/c1-2-15-11(14)3-4-12-5-6-13-7-9-16-10-8-13/h12H,2-10H2,1H3. The lowest BCUT2D eigenvalue weighted by molar-refractivity contribution is -0.142. The van der Waals surface area contributed by atoms with E-state index in [0.717, 1.165) is 19.6 Å². The van der Waals surface area contributed by atoms with Gasteiger partial charge in [0.05, 0.1) is 13.0 Å². The lowest BCUT2D eigenvalue weighted by atomic mass is 10.4. The third kappa shape index (κ3) is 6.35. The molecule has 0 unspecified atom stereocenters. The zero-order valence-corrected chi connectivity index (χ0v) is 10.9. The van der Waals surface area contributed by atoms with Crippen LogP contribution in [0.1, 0.15) is 13.3 Å². The van der Waals surface area contributed by atoms with E-state index in [1.807, 2.05) is 18.7 Å². The van der Waals surface area contributed by atoms with E-state index < -0.39 is 0 Å². The maximum Gasteiger partial charge on any atom is 0.307 e. The summed E-state index contributed by atoms with van der Waals surface area (Å²) in [4.78, 5) is 13.5. The van der Waals surface area contributed by atoms with Gasteiger partial charge in [-0.25, -0.2) is 0 Å². The van der Waals surface area contributed by atoms with Gasteiger partial charge >= 0.3 is 5.97 Å². The molecule has 1 fully saturated rings. The summed E-state index contributed by atoms with van der Waals surface area (Å²) in [5.74, 6) is 2.40. The number of hydrogen-bond acceptors (Lipinski definition) is 5. The minimum atomic E-state index is -0.107. The first-order valence-electron chi connectivity index (χ1n) is 5.99. The molecule has 1 saturated heterocycles. The van der Waals surface area contributed by atoms with Crippen molar-refractivity contribution >= 4 is 17.7 Å². The van der Waals surface area contributed by atoms with Gasteiger partial charge in [-0.05, 0) is 6.92 Å². The number of carbonyl (C=O) groups is 1. The predicted octanol–water partition coefficient (Wildman–Crippen LogP) is 0.578.